The Morgan fingerprint density at radius 1 is 0.778 bits per heavy atom. The molecular weight excluding hydrogens is 379 g/mol. The van der Waals surface area contributed by atoms with E-state index in [2.05, 4.69) is 20.5 Å². The maximum Gasteiger partial charge on any atom is 0.163 e. The van der Waals surface area contributed by atoms with Crippen molar-refractivity contribution < 1.29 is 0 Å². The summed E-state index contributed by atoms with van der Waals surface area (Å²) in [5.74, 6) is 1.13. The second-order valence-electron chi connectivity index (χ2n) is 5.78. The lowest BCUT2D eigenvalue weighted by Gasteiger charge is -2.09. The molecule has 0 aliphatic carbocycles. The first-order chi connectivity index (χ1) is 13.2. The first kappa shape index (κ1) is 17.5. The summed E-state index contributed by atoms with van der Waals surface area (Å²) >= 11 is 12.5. The van der Waals surface area contributed by atoms with Gasteiger partial charge >= 0.3 is 0 Å². The molecule has 0 atom stereocenters. The second-order valence-corrected chi connectivity index (χ2v) is 6.60. The summed E-state index contributed by atoms with van der Waals surface area (Å²) in [4.78, 5) is 9.27. The van der Waals surface area contributed by atoms with Gasteiger partial charge in [-0.3, -0.25) is 5.43 Å². The highest BCUT2D eigenvalue weighted by atomic mass is 35.5. The van der Waals surface area contributed by atoms with Gasteiger partial charge in [-0.05, 0) is 30.3 Å². The number of hydrogen-bond donors (Lipinski definition) is 1. The molecule has 1 N–H and O–H groups in total. The molecule has 3 aromatic carbocycles. The molecule has 0 amide bonds. The van der Waals surface area contributed by atoms with Gasteiger partial charge < -0.3 is 0 Å². The van der Waals surface area contributed by atoms with Gasteiger partial charge in [-0.2, -0.15) is 5.10 Å². The van der Waals surface area contributed by atoms with Crippen molar-refractivity contribution in [1.82, 2.24) is 9.97 Å². The van der Waals surface area contributed by atoms with Crippen LogP contribution in [0.1, 0.15) is 5.56 Å². The van der Waals surface area contributed by atoms with Gasteiger partial charge in [0.1, 0.15) is 0 Å². The third-order valence-corrected chi connectivity index (χ3v) is 4.67. The Hall–Kier alpha value is -2.95. The van der Waals surface area contributed by atoms with Crippen LogP contribution in [0.3, 0.4) is 0 Å². The molecule has 1 heterocycles. The molecule has 132 valence electrons. The van der Waals surface area contributed by atoms with Crippen LogP contribution >= 0.6 is 23.2 Å². The number of hydrazone groups is 1. The molecule has 0 saturated heterocycles. The van der Waals surface area contributed by atoms with Gasteiger partial charge in [-0.15, -0.1) is 0 Å². The number of aromatic nitrogens is 2. The zero-order valence-corrected chi connectivity index (χ0v) is 15.6. The van der Waals surface area contributed by atoms with E-state index in [-0.39, 0.29) is 0 Å². The number of halogens is 2. The molecule has 4 nitrogen and oxygen atoms in total. The number of rotatable bonds is 4. The highest BCUT2D eigenvalue weighted by Gasteiger charge is 2.11. The minimum atomic E-state index is 0.537. The van der Waals surface area contributed by atoms with Gasteiger partial charge in [0.2, 0.25) is 0 Å². The number of anilines is 1. The molecule has 0 spiro atoms. The molecule has 0 saturated carbocycles. The van der Waals surface area contributed by atoms with Crippen molar-refractivity contribution in [3.63, 3.8) is 0 Å². The molecule has 27 heavy (non-hydrogen) atoms. The molecule has 0 radical (unpaired) electrons. The Balaban J connectivity index is 1.75. The summed E-state index contributed by atoms with van der Waals surface area (Å²) in [7, 11) is 0. The van der Waals surface area contributed by atoms with Gasteiger partial charge in [0.15, 0.2) is 11.6 Å². The van der Waals surface area contributed by atoms with Gasteiger partial charge in [0.05, 0.1) is 16.8 Å². The topological polar surface area (TPSA) is 50.2 Å². The number of hydrogen-bond acceptors (Lipinski definition) is 4. The van der Waals surface area contributed by atoms with E-state index in [1.165, 1.54) is 0 Å². The molecule has 0 aliphatic heterocycles. The highest BCUT2D eigenvalue weighted by Crippen LogP contribution is 2.29. The Morgan fingerprint density at radius 2 is 1.48 bits per heavy atom. The van der Waals surface area contributed by atoms with Gasteiger partial charge in [0, 0.05) is 21.5 Å². The van der Waals surface area contributed by atoms with E-state index < -0.39 is 0 Å². The van der Waals surface area contributed by atoms with Crippen LogP contribution in [0.2, 0.25) is 10.0 Å². The fraction of sp³-hybridized carbons (Fsp3) is 0. The quantitative estimate of drug-likeness (QED) is 0.339. The van der Waals surface area contributed by atoms with Crippen LogP contribution < -0.4 is 5.43 Å². The smallest absolute Gasteiger partial charge is 0.163 e. The number of para-hydroxylation sites is 1. The van der Waals surface area contributed by atoms with Crippen LogP contribution in [0.5, 0.6) is 0 Å². The summed E-state index contributed by atoms with van der Waals surface area (Å²) in [5.41, 5.74) is 5.40. The second kappa shape index (κ2) is 7.74. The van der Waals surface area contributed by atoms with Crippen molar-refractivity contribution in [3.8, 4) is 11.4 Å². The maximum absolute atomic E-state index is 6.32. The number of nitrogens with one attached hydrogen (secondary N) is 1. The minimum absolute atomic E-state index is 0.537. The molecular formula is C21H14Cl2N4. The lowest BCUT2D eigenvalue weighted by atomic mass is 10.2. The van der Waals surface area contributed by atoms with Crippen molar-refractivity contribution in [2.45, 2.75) is 0 Å². The van der Waals surface area contributed by atoms with E-state index >= 15 is 0 Å². The molecule has 1 aromatic heterocycles. The van der Waals surface area contributed by atoms with Crippen LogP contribution in [0.15, 0.2) is 77.9 Å². The van der Waals surface area contributed by atoms with Crippen LogP contribution in [-0.4, -0.2) is 16.2 Å². The number of nitrogens with zero attached hydrogens (tertiary/aromatic N) is 3. The molecule has 0 bridgehead atoms. The zero-order chi connectivity index (χ0) is 18.6. The normalized spacial score (nSPS) is 11.2. The monoisotopic (exact) mass is 392 g/mol. The van der Waals surface area contributed by atoms with Gasteiger partial charge in [-0.25, -0.2) is 9.97 Å². The minimum Gasteiger partial charge on any atom is -0.261 e. The van der Waals surface area contributed by atoms with Crippen molar-refractivity contribution >= 4 is 46.1 Å². The molecule has 4 aromatic rings. The summed E-state index contributed by atoms with van der Waals surface area (Å²) in [6, 6.07) is 22.7. The SMILES string of the molecule is Clc1ccccc1/C=N/Nc1nc(-c2ccccc2Cl)nc2ccccc12. The highest BCUT2D eigenvalue weighted by molar-refractivity contribution is 6.33. The van der Waals surface area contributed by atoms with E-state index in [1.807, 2.05) is 72.8 Å². The first-order valence-electron chi connectivity index (χ1n) is 8.27. The lowest BCUT2D eigenvalue weighted by molar-refractivity contribution is 1.19. The van der Waals surface area contributed by atoms with Gasteiger partial charge in [-0.1, -0.05) is 65.7 Å². The largest absolute Gasteiger partial charge is 0.261 e. The zero-order valence-electron chi connectivity index (χ0n) is 14.1. The lowest BCUT2D eigenvalue weighted by Crippen LogP contribution is -1.99. The standard InChI is InChI=1S/C21H14Cl2N4/c22-17-10-4-1-7-14(17)13-24-27-21-16-9-3-6-12-19(16)25-20(26-21)15-8-2-5-11-18(15)23/h1-13H,(H,25,26,27)/b24-13+. The molecule has 0 unspecified atom stereocenters. The van der Waals surface area contributed by atoms with Gasteiger partial charge in [0.25, 0.3) is 0 Å². The van der Waals surface area contributed by atoms with E-state index in [4.69, 9.17) is 23.2 Å². The van der Waals surface area contributed by atoms with Crippen LogP contribution in [0.4, 0.5) is 5.82 Å². The van der Waals surface area contributed by atoms with Crippen LogP contribution in [0.25, 0.3) is 22.3 Å². The summed E-state index contributed by atoms with van der Waals surface area (Å²) in [6.45, 7) is 0. The van der Waals surface area contributed by atoms with E-state index in [1.54, 1.807) is 6.21 Å². The molecule has 6 heteroatoms. The van der Waals surface area contributed by atoms with Crippen LogP contribution in [-0.2, 0) is 0 Å². The average Bonchev–Trinajstić information content (AvgIpc) is 2.69. The summed E-state index contributed by atoms with van der Waals surface area (Å²) in [5, 5.41) is 6.39. The van der Waals surface area contributed by atoms with Crippen molar-refractivity contribution in [2.24, 2.45) is 5.10 Å². The maximum atomic E-state index is 6.32. The Labute approximate surface area is 166 Å². The predicted molar refractivity (Wildman–Crippen MR) is 113 cm³/mol. The van der Waals surface area contributed by atoms with E-state index in [9.17, 15) is 0 Å². The van der Waals surface area contributed by atoms with Crippen molar-refractivity contribution in [2.75, 3.05) is 5.43 Å². The first-order valence-corrected chi connectivity index (χ1v) is 9.03. The molecule has 0 aliphatic rings. The van der Waals surface area contributed by atoms with Crippen molar-refractivity contribution in [1.29, 1.82) is 0 Å². The Morgan fingerprint density at radius 3 is 2.30 bits per heavy atom. The summed E-state index contributed by atoms with van der Waals surface area (Å²) in [6.07, 6.45) is 1.66. The predicted octanol–water partition coefficient (Wildman–Crippen LogP) is 6.05. The van der Waals surface area contributed by atoms with Crippen molar-refractivity contribution in [3.05, 3.63) is 88.4 Å². The van der Waals surface area contributed by atoms with E-state index in [0.29, 0.717) is 21.7 Å². The Bertz CT molecular complexity index is 1140. The van der Waals surface area contributed by atoms with Crippen LogP contribution in [0, 0.1) is 0 Å². The third kappa shape index (κ3) is 3.77. The number of benzene rings is 3. The third-order valence-electron chi connectivity index (χ3n) is 4.00. The Kier molecular flexibility index (Phi) is 5.01. The van der Waals surface area contributed by atoms with E-state index in [0.717, 1.165) is 22.0 Å². The molecule has 4 rings (SSSR count). The summed E-state index contributed by atoms with van der Waals surface area (Å²) < 4.78 is 0. The fourth-order valence-electron chi connectivity index (χ4n) is 2.67. The fourth-order valence-corrected chi connectivity index (χ4v) is 3.07. The number of fused-ring (bicyclic) bond motifs is 1. The molecule has 0 fully saturated rings. The average molecular weight is 393 g/mol.